The summed E-state index contributed by atoms with van der Waals surface area (Å²) in [6.07, 6.45) is -0.915. The topological polar surface area (TPSA) is 69.7 Å². The van der Waals surface area contributed by atoms with Crippen molar-refractivity contribution in [2.75, 3.05) is 6.61 Å². The van der Waals surface area contributed by atoms with E-state index in [1.165, 1.54) is 0 Å². The molecule has 2 atom stereocenters. The van der Waals surface area contributed by atoms with Gasteiger partial charge < -0.3 is 9.47 Å². The number of benzene rings is 2. The second-order valence-electron chi connectivity index (χ2n) is 7.46. The molecule has 0 amide bonds. The number of ether oxygens (including phenoxy) is 2. The summed E-state index contributed by atoms with van der Waals surface area (Å²) >= 11 is 0. The Hall–Kier alpha value is -2.95. The fraction of sp³-hybridized carbons (Fsp3) is 0.318. The van der Waals surface area contributed by atoms with Crippen LogP contribution in [0.25, 0.3) is 0 Å². The fourth-order valence-corrected chi connectivity index (χ4v) is 2.99. The minimum atomic E-state index is -0.915. The molecule has 27 heavy (non-hydrogen) atoms. The Kier molecular flexibility index (Phi) is 5.13. The van der Waals surface area contributed by atoms with Crippen molar-refractivity contribution in [2.24, 2.45) is 5.41 Å². The van der Waals surface area contributed by atoms with Crippen molar-refractivity contribution in [1.29, 1.82) is 0 Å². The van der Waals surface area contributed by atoms with Crippen LogP contribution in [0.3, 0.4) is 0 Å². The number of cyclic esters (lactones) is 1. The molecule has 140 valence electrons. The molecule has 0 aliphatic carbocycles. The maximum atomic E-state index is 12.6. The van der Waals surface area contributed by atoms with Gasteiger partial charge in [-0.05, 0) is 18.6 Å². The highest BCUT2D eigenvalue weighted by Crippen LogP contribution is 2.32. The van der Waals surface area contributed by atoms with Gasteiger partial charge in [-0.2, -0.15) is 0 Å². The molecule has 5 nitrogen and oxygen atoms in total. The van der Waals surface area contributed by atoms with E-state index in [4.69, 9.17) is 9.47 Å². The van der Waals surface area contributed by atoms with Crippen molar-refractivity contribution in [3.8, 4) is 0 Å². The Morgan fingerprint density at radius 3 is 2.37 bits per heavy atom. The third-order valence-corrected chi connectivity index (χ3v) is 4.78. The van der Waals surface area contributed by atoms with Crippen molar-refractivity contribution in [1.82, 2.24) is 0 Å². The maximum absolute atomic E-state index is 12.6. The van der Waals surface area contributed by atoms with E-state index in [1.54, 1.807) is 55.5 Å². The third-order valence-electron chi connectivity index (χ3n) is 4.78. The van der Waals surface area contributed by atoms with Crippen molar-refractivity contribution in [3.05, 3.63) is 71.3 Å². The summed E-state index contributed by atoms with van der Waals surface area (Å²) in [6.45, 7) is 5.56. The predicted octanol–water partition coefficient (Wildman–Crippen LogP) is 3.52. The standard InChI is InChI=1S/C22H22O5/c1-14(20(24)27-19-21(25)26-13-22(19,2)3)16-10-7-11-17(12-16)18(23)15-8-5-4-6-9-15/h4-12,14,19H,13H2,1-3H3/t14-,19-/m0/s1. The number of esters is 2. The molecule has 0 N–H and O–H groups in total. The lowest BCUT2D eigenvalue weighted by Gasteiger charge is -2.23. The van der Waals surface area contributed by atoms with Crippen LogP contribution in [0.5, 0.6) is 0 Å². The average molecular weight is 366 g/mol. The van der Waals surface area contributed by atoms with Gasteiger partial charge in [-0.25, -0.2) is 4.79 Å². The van der Waals surface area contributed by atoms with Crippen LogP contribution in [0.2, 0.25) is 0 Å². The normalized spacial score (nSPS) is 19.2. The van der Waals surface area contributed by atoms with Gasteiger partial charge in [0.1, 0.15) is 6.61 Å². The number of carbonyl (C=O) groups is 3. The van der Waals surface area contributed by atoms with E-state index in [0.717, 1.165) is 0 Å². The molecule has 2 aromatic rings. The molecule has 1 aliphatic rings. The number of hydrogen-bond donors (Lipinski definition) is 0. The Balaban J connectivity index is 1.77. The summed E-state index contributed by atoms with van der Waals surface area (Å²) < 4.78 is 10.4. The minimum Gasteiger partial charge on any atom is -0.462 e. The summed E-state index contributed by atoms with van der Waals surface area (Å²) in [7, 11) is 0. The highest BCUT2D eigenvalue weighted by atomic mass is 16.6. The molecule has 0 unspecified atom stereocenters. The summed E-state index contributed by atoms with van der Waals surface area (Å²) in [6, 6.07) is 15.9. The monoisotopic (exact) mass is 366 g/mol. The second kappa shape index (κ2) is 7.35. The van der Waals surface area contributed by atoms with Gasteiger partial charge in [-0.15, -0.1) is 0 Å². The second-order valence-corrected chi connectivity index (χ2v) is 7.46. The van der Waals surface area contributed by atoms with E-state index >= 15 is 0 Å². The molecule has 2 aromatic carbocycles. The molecule has 0 spiro atoms. The third kappa shape index (κ3) is 3.92. The SMILES string of the molecule is C[C@H](C(=O)O[C@H]1C(=O)OCC1(C)C)c1cccc(C(=O)c2ccccc2)c1. The molecule has 0 saturated carbocycles. The van der Waals surface area contributed by atoms with E-state index in [0.29, 0.717) is 16.7 Å². The summed E-state index contributed by atoms with van der Waals surface area (Å²) in [4.78, 5) is 37.0. The molecule has 1 saturated heterocycles. The van der Waals surface area contributed by atoms with Crippen LogP contribution >= 0.6 is 0 Å². The van der Waals surface area contributed by atoms with Crippen LogP contribution in [0.15, 0.2) is 54.6 Å². The Bertz CT molecular complexity index is 869. The van der Waals surface area contributed by atoms with Crippen LogP contribution < -0.4 is 0 Å². The van der Waals surface area contributed by atoms with Crippen molar-refractivity contribution >= 4 is 17.7 Å². The van der Waals surface area contributed by atoms with E-state index in [1.807, 2.05) is 19.9 Å². The van der Waals surface area contributed by atoms with Gasteiger partial charge in [0.15, 0.2) is 5.78 Å². The Labute approximate surface area is 158 Å². The van der Waals surface area contributed by atoms with E-state index in [-0.39, 0.29) is 12.4 Å². The molecule has 0 radical (unpaired) electrons. The van der Waals surface area contributed by atoms with Gasteiger partial charge in [0.25, 0.3) is 0 Å². The fourth-order valence-electron chi connectivity index (χ4n) is 2.99. The quantitative estimate of drug-likeness (QED) is 0.598. The number of carbonyl (C=O) groups excluding carboxylic acids is 3. The molecule has 5 heteroatoms. The lowest BCUT2D eigenvalue weighted by atomic mass is 9.89. The van der Waals surface area contributed by atoms with E-state index in [9.17, 15) is 14.4 Å². The number of hydrogen-bond acceptors (Lipinski definition) is 5. The molecule has 1 fully saturated rings. The first kappa shape index (κ1) is 18.8. The lowest BCUT2D eigenvalue weighted by molar-refractivity contribution is -0.164. The van der Waals surface area contributed by atoms with Crippen LogP contribution in [0, 0.1) is 5.41 Å². The summed E-state index contributed by atoms with van der Waals surface area (Å²) in [5.41, 5.74) is 1.18. The zero-order chi connectivity index (χ0) is 19.6. The molecule has 0 bridgehead atoms. The van der Waals surface area contributed by atoms with Gasteiger partial charge in [-0.3, -0.25) is 9.59 Å². The van der Waals surface area contributed by atoms with Crippen molar-refractivity contribution in [3.63, 3.8) is 0 Å². The van der Waals surface area contributed by atoms with Crippen molar-refractivity contribution < 1.29 is 23.9 Å². The van der Waals surface area contributed by atoms with Crippen LogP contribution in [-0.2, 0) is 19.1 Å². The largest absolute Gasteiger partial charge is 0.462 e. The van der Waals surface area contributed by atoms with Crippen LogP contribution in [0.4, 0.5) is 0 Å². The van der Waals surface area contributed by atoms with Crippen LogP contribution in [-0.4, -0.2) is 30.4 Å². The van der Waals surface area contributed by atoms with Crippen molar-refractivity contribution in [2.45, 2.75) is 32.8 Å². The molecular formula is C22H22O5. The minimum absolute atomic E-state index is 0.112. The van der Waals surface area contributed by atoms with Gasteiger partial charge in [-0.1, -0.05) is 62.4 Å². The van der Waals surface area contributed by atoms with Gasteiger partial charge >= 0.3 is 11.9 Å². The van der Waals surface area contributed by atoms with E-state index in [2.05, 4.69) is 0 Å². The Morgan fingerprint density at radius 1 is 1.07 bits per heavy atom. The molecule has 1 aliphatic heterocycles. The maximum Gasteiger partial charge on any atom is 0.348 e. The highest BCUT2D eigenvalue weighted by molar-refractivity contribution is 6.09. The number of ketones is 1. The lowest BCUT2D eigenvalue weighted by Crippen LogP contribution is -2.36. The Morgan fingerprint density at radius 2 is 1.74 bits per heavy atom. The summed E-state index contributed by atoms with van der Waals surface area (Å²) in [5.74, 6) is -1.76. The number of rotatable bonds is 5. The van der Waals surface area contributed by atoms with Gasteiger partial charge in [0.05, 0.1) is 5.92 Å². The predicted molar refractivity (Wildman–Crippen MR) is 99.4 cm³/mol. The highest BCUT2D eigenvalue weighted by Gasteiger charge is 2.47. The van der Waals surface area contributed by atoms with E-state index < -0.39 is 29.4 Å². The zero-order valence-corrected chi connectivity index (χ0v) is 15.6. The average Bonchev–Trinajstić information content (AvgIpc) is 2.94. The van der Waals surface area contributed by atoms with Crippen LogP contribution in [0.1, 0.15) is 48.2 Å². The summed E-state index contributed by atoms with van der Waals surface area (Å²) in [5, 5.41) is 0. The van der Waals surface area contributed by atoms with Gasteiger partial charge in [0.2, 0.25) is 6.10 Å². The molecule has 0 aromatic heterocycles. The first-order chi connectivity index (χ1) is 12.8. The molecular weight excluding hydrogens is 344 g/mol. The molecule has 1 heterocycles. The zero-order valence-electron chi connectivity index (χ0n) is 15.6. The smallest absolute Gasteiger partial charge is 0.348 e. The first-order valence-electron chi connectivity index (χ1n) is 8.86. The first-order valence-corrected chi connectivity index (χ1v) is 8.86. The van der Waals surface area contributed by atoms with Gasteiger partial charge in [0, 0.05) is 16.5 Å². The molecule has 3 rings (SSSR count).